The number of likely N-dealkylation sites (N-methyl/N-ethyl adjacent to an activating group) is 1. The molecule has 6 nitrogen and oxygen atoms in total. The monoisotopic (exact) mass is 353 g/mol. The molecule has 138 valence electrons. The van der Waals surface area contributed by atoms with Gasteiger partial charge >= 0.3 is 0 Å². The molecule has 2 N–H and O–H groups in total. The van der Waals surface area contributed by atoms with Crippen LogP contribution in [0.5, 0.6) is 0 Å². The molecule has 1 aliphatic rings. The number of anilines is 2. The summed E-state index contributed by atoms with van der Waals surface area (Å²) in [4.78, 5) is 21.6. The van der Waals surface area contributed by atoms with Gasteiger partial charge in [-0.05, 0) is 43.4 Å². The van der Waals surface area contributed by atoms with Gasteiger partial charge in [-0.25, -0.2) is 4.98 Å². The molecule has 1 aromatic carbocycles. The second-order valence-corrected chi connectivity index (χ2v) is 6.63. The third kappa shape index (κ3) is 4.80. The van der Waals surface area contributed by atoms with Crippen LogP contribution < -0.4 is 15.5 Å². The fourth-order valence-electron chi connectivity index (χ4n) is 3.00. The van der Waals surface area contributed by atoms with E-state index >= 15 is 0 Å². The lowest BCUT2D eigenvalue weighted by molar-refractivity contribution is 0.102. The Morgan fingerprint density at radius 3 is 2.73 bits per heavy atom. The summed E-state index contributed by atoms with van der Waals surface area (Å²) in [5, 5.41) is 6.28. The highest BCUT2D eigenvalue weighted by molar-refractivity contribution is 6.04. The molecule has 1 amide bonds. The van der Waals surface area contributed by atoms with E-state index in [2.05, 4.69) is 45.5 Å². The van der Waals surface area contributed by atoms with Crippen LogP contribution in [0.2, 0.25) is 0 Å². The number of hydrogen-bond acceptors (Lipinski definition) is 5. The second-order valence-electron chi connectivity index (χ2n) is 6.63. The molecule has 1 aliphatic heterocycles. The van der Waals surface area contributed by atoms with Crippen molar-refractivity contribution in [1.29, 1.82) is 0 Å². The van der Waals surface area contributed by atoms with Gasteiger partial charge in [-0.15, -0.1) is 0 Å². The van der Waals surface area contributed by atoms with Crippen LogP contribution in [0.3, 0.4) is 0 Å². The molecule has 3 rings (SSSR count). The van der Waals surface area contributed by atoms with Gasteiger partial charge in [0.15, 0.2) is 0 Å². The van der Waals surface area contributed by atoms with E-state index in [-0.39, 0.29) is 5.91 Å². The van der Waals surface area contributed by atoms with Crippen LogP contribution in [0.25, 0.3) is 0 Å². The number of amides is 1. The second kappa shape index (κ2) is 8.78. The molecular weight excluding hydrogens is 326 g/mol. The highest BCUT2D eigenvalue weighted by Crippen LogP contribution is 2.17. The standard InChI is InChI=1S/C20H27N5O/c1-3-21-15-16-5-4-6-18(13-16)23-20(26)17-7-8-22-19(14-17)25-11-9-24(2)10-12-25/h4-8,13-14,21H,3,9-12,15H2,1-2H3,(H,23,26). The first-order chi connectivity index (χ1) is 12.7. The largest absolute Gasteiger partial charge is 0.354 e. The van der Waals surface area contributed by atoms with E-state index in [4.69, 9.17) is 0 Å². The maximum absolute atomic E-state index is 12.6. The van der Waals surface area contributed by atoms with E-state index in [1.54, 1.807) is 12.3 Å². The van der Waals surface area contributed by atoms with Crippen molar-refractivity contribution in [3.05, 3.63) is 53.7 Å². The third-order valence-electron chi connectivity index (χ3n) is 4.60. The van der Waals surface area contributed by atoms with Gasteiger partial charge in [-0.1, -0.05) is 19.1 Å². The summed E-state index contributed by atoms with van der Waals surface area (Å²) >= 11 is 0. The molecule has 26 heavy (non-hydrogen) atoms. The Balaban J connectivity index is 1.67. The van der Waals surface area contributed by atoms with Crippen molar-refractivity contribution in [3.8, 4) is 0 Å². The number of carbonyl (C=O) groups is 1. The molecule has 6 heteroatoms. The maximum Gasteiger partial charge on any atom is 0.255 e. The van der Waals surface area contributed by atoms with Crippen molar-refractivity contribution in [2.45, 2.75) is 13.5 Å². The molecule has 0 bridgehead atoms. The van der Waals surface area contributed by atoms with Crippen LogP contribution in [-0.4, -0.2) is 55.6 Å². The molecule has 0 unspecified atom stereocenters. The van der Waals surface area contributed by atoms with Crippen LogP contribution in [0.15, 0.2) is 42.6 Å². The lowest BCUT2D eigenvalue weighted by Gasteiger charge is -2.33. The molecule has 0 atom stereocenters. The summed E-state index contributed by atoms with van der Waals surface area (Å²) in [6.45, 7) is 7.67. The smallest absolute Gasteiger partial charge is 0.255 e. The lowest BCUT2D eigenvalue weighted by Crippen LogP contribution is -2.44. The van der Waals surface area contributed by atoms with Crippen molar-refractivity contribution in [2.75, 3.05) is 50.0 Å². The van der Waals surface area contributed by atoms with Crippen molar-refractivity contribution in [2.24, 2.45) is 0 Å². The van der Waals surface area contributed by atoms with Gasteiger partial charge in [-0.3, -0.25) is 4.79 Å². The van der Waals surface area contributed by atoms with Crippen molar-refractivity contribution < 1.29 is 4.79 Å². The Morgan fingerprint density at radius 2 is 1.96 bits per heavy atom. The summed E-state index contributed by atoms with van der Waals surface area (Å²) in [6.07, 6.45) is 1.71. The van der Waals surface area contributed by atoms with Crippen LogP contribution in [0, 0.1) is 0 Å². The van der Waals surface area contributed by atoms with Gasteiger partial charge in [0.05, 0.1) is 0 Å². The Hall–Kier alpha value is -2.44. The highest BCUT2D eigenvalue weighted by Gasteiger charge is 2.16. The Morgan fingerprint density at radius 1 is 1.15 bits per heavy atom. The molecule has 1 aromatic heterocycles. The number of piperazine rings is 1. The Labute approximate surface area is 155 Å². The number of pyridine rings is 1. The van der Waals surface area contributed by atoms with E-state index in [0.717, 1.165) is 56.3 Å². The van der Waals surface area contributed by atoms with Gasteiger partial charge in [0, 0.05) is 50.2 Å². The number of carbonyl (C=O) groups excluding carboxylic acids is 1. The van der Waals surface area contributed by atoms with E-state index in [1.165, 1.54) is 0 Å². The van der Waals surface area contributed by atoms with Crippen molar-refractivity contribution >= 4 is 17.4 Å². The summed E-state index contributed by atoms with van der Waals surface area (Å²) in [7, 11) is 2.12. The van der Waals surface area contributed by atoms with Gasteiger partial charge in [0.25, 0.3) is 5.91 Å². The Kier molecular flexibility index (Phi) is 6.20. The highest BCUT2D eigenvalue weighted by atomic mass is 16.1. The fraction of sp³-hybridized carbons (Fsp3) is 0.400. The molecular formula is C20H27N5O. The summed E-state index contributed by atoms with van der Waals surface area (Å²) < 4.78 is 0. The van der Waals surface area contributed by atoms with Gasteiger partial charge in [-0.2, -0.15) is 0 Å². The topological polar surface area (TPSA) is 60.5 Å². The molecule has 1 saturated heterocycles. The van der Waals surface area contributed by atoms with Gasteiger partial charge in [0.2, 0.25) is 0 Å². The minimum absolute atomic E-state index is 0.108. The SMILES string of the molecule is CCNCc1cccc(NC(=O)c2ccnc(N3CCN(C)CC3)c2)c1. The van der Waals surface area contributed by atoms with Crippen LogP contribution in [-0.2, 0) is 6.54 Å². The molecule has 0 aliphatic carbocycles. The zero-order chi connectivity index (χ0) is 18.4. The molecule has 0 radical (unpaired) electrons. The number of aromatic nitrogens is 1. The predicted octanol–water partition coefficient (Wildman–Crippen LogP) is 2.20. The van der Waals surface area contributed by atoms with E-state index < -0.39 is 0 Å². The van der Waals surface area contributed by atoms with Crippen LogP contribution in [0.1, 0.15) is 22.8 Å². The quantitative estimate of drug-likeness (QED) is 0.834. The normalized spacial score (nSPS) is 15.1. The van der Waals surface area contributed by atoms with E-state index in [1.807, 2.05) is 24.3 Å². The number of hydrogen-bond donors (Lipinski definition) is 2. The molecule has 1 fully saturated rings. The molecule has 2 heterocycles. The predicted molar refractivity (Wildman–Crippen MR) is 106 cm³/mol. The lowest BCUT2D eigenvalue weighted by atomic mass is 10.2. The number of nitrogens with one attached hydrogen (secondary N) is 2. The minimum atomic E-state index is -0.108. The average molecular weight is 353 g/mol. The summed E-state index contributed by atoms with van der Waals surface area (Å²) in [5.74, 6) is 0.759. The Bertz CT molecular complexity index is 740. The van der Waals surface area contributed by atoms with Crippen LogP contribution in [0.4, 0.5) is 11.5 Å². The molecule has 2 aromatic rings. The number of rotatable bonds is 6. The van der Waals surface area contributed by atoms with E-state index in [0.29, 0.717) is 5.56 Å². The molecule has 0 saturated carbocycles. The van der Waals surface area contributed by atoms with Crippen molar-refractivity contribution in [3.63, 3.8) is 0 Å². The van der Waals surface area contributed by atoms with Gasteiger partial charge in [0.1, 0.15) is 5.82 Å². The summed E-state index contributed by atoms with van der Waals surface area (Å²) in [6, 6.07) is 11.6. The first-order valence-corrected chi connectivity index (χ1v) is 9.16. The fourth-order valence-corrected chi connectivity index (χ4v) is 3.00. The zero-order valence-corrected chi connectivity index (χ0v) is 15.5. The van der Waals surface area contributed by atoms with Gasteiger partial charge < -0.3 is 20.4 Å². The zero-order valence-electron chi connectivity index (χ0n) is 15.5. The third-order valence-corrected chi connectivity index (χ3v) is 4.60. The first-order valence-electron chi connectivity index (χ1n) is 9.16. The maximum atomic E-state index is 12.6. The number of benzene rings is 1. The van der Waals surface area contributed by atoms with E-state index in [9.17, 15) is 4.79 Å². The number of nitrogens with zero attached hydrogens (tertiary/aromatic N) is 3. The van der Waals surface area contributed by atoms with Crippen molar-refractivity contribution in [1.82, 2.24) is 15.2 Å². The minimum Gasteiger partial charge on any atom is -0.354 e. The average Bonchev–Trinajstić information content (AvgIpc) is 2.67. The first kappa shape index (κ1) is 18.4. The van der Waals surface area contributed by atoms with Crippen LogP contribution >= 0.6 is 0 Å². The molecule has 0 spiro atoms. The summed E-state index contributed by atoms with van der Waals surface area (Å²) in [5.41, 5.74) is 2.59.